The lowest BCUT2D eigenvalue weighted by Crippen LogP contribution is -2.60. The highest BCUT2D eigenvalue weighted by Gasteiger charge is 2.45. The summed E-state index contributed by atoms with van der Waals surface area (Å²) in [6.07, 6.45) is -7.16. The first-order valence-corrected chi connectivity index (χ1v) is 9.33. The summed E-state index contributed by atoms with van der Waals surface area (Å²) in [6, 6.07) is 9.16. The van der Waals surface area contributed by atoms with E-state index < -0.39 is 37.3 Å². The van der Waals surface area contributed by atoms with Gasteiger partial charge in [-0.15, -0.1) is 0 Å². The molecule has 0 saturated carbocycles. The SMILES string of the molecule is OC[C@@H]1O[C@@H](Oc2cc(Cl)ccc2Oc2ccc(Cl)cc2Cl)[C@H](O)[C@H](O)[C@@H]1O. The van der Waals surface area contributed by atoms with Crippen molar-refractivity contribution in [2.75, 3.05) is 6.61 Å². The molecule has 0 amide bonds. The highest BCUT2D eigenvalue weighted by atomic mass is 35.5. The first-order valence-electron chi connectivity index (χ1n) is 8.19. The van der Waals surface area contributed by atoms with Crippen LogP contribution in [0.1, 0.15) is 0 Å². The van der Waals surface area contributed by atoms with E-state index in [2.05, 4.69) is 0 Å². The van der Waals surface area contributed by atoms with Gasteiger partial charge in [-0.1, -0.05) is 34.8 Å². The summed E-state index contributed by atoms with van der Waals surface area (Å²) in [5.41, 5.74) is 0. The van der Waals surface area contributed by atoms with Gasteiger partial charge in [-0.2, -0.15) is 0 Å². The van der Waals surface area contributed by atoms with E-state index in [0.29, 0.717) is 15.8 Å². The van der Waals surface area contributed by atoms with E-state index in [-0.39, 0.29) is 16.5 Å². The zero-order valence-corrected chi connectivity index (χ0v) is 16.5. The second-order valence-corrected chi connectivity index (χ2v) is 7.36. The summed E-state index contributed by atoms with van der Waals surface area (Å²) in [7, 11) is 0. The third kappa shape index (κ3) is 4.64. The van der Waals surface area contributed by atoms with Gasteiger partial charge in [0, 0.05) is 16.1 Å². The predicted molar refractivity (Wildman–Crippen MR) is 102 cm³/mol. The lowest BCUT2D eigenvalue weighted by atomic mass is 9.99. The molecule has 2 aromatic carbocycles. The number of ether oxygens (including phenoxy) is 3. The molecule has 0 radical (unpaired) electrons. The number of halogens is 3. The normalized spacial score (nSPS) is 27.5. The molecular formula is C18H17Cl3O7. The number of hydrogen-bond acceptors (Lipinski definition) is 7. The van der Waals surface area contributed by atoms with Gasteiger partial charge in [-0.05, 0) is 30.3 Å². The zero-order valence-electron chi connectivity index (χ0n) is 14.2. The zero-order chi connectivity index (χ0) is 20.4. The van der Waals surface area contributed by atoms with Crippen molar-refractivity contribution in [2.24, 2.45) is 0 Å². The Hall–Kier alpha value is -1.29. The minimum Gasteiger partial charge on any atom is -0.458 e. The predicted octanol–water partition coefficient (Wildman–Crippen LogP) is 2.62. The van der Waals surface area contributed by atoms with Crippen molar-refractivity contribution in [2.45, 2.75) is 30.7 Å². The molecule has 0 spiro atoms. The number of rotatable bonds is 5. The van der Waals surface area contributed by atoms with Gasteiger partial charge in [-0.25, -0.2) is 0 Å². The molecule has 0 unspecified atom stereocenters. The van der Waals surface area contributed by atoms with E-state index in [1.54, 1.807) is 18.2 Å². The molecule has 1 fully saturated rings. The van der Waals surface area contributed by atoms with Crippen molar-refractivity contribution < 1.29 is 34.6 Å². The van der Waals surface area contributed by atoms with Gasteiger partial charge in [0.05, 0.1) is 11.6 Å². The van der Waals surface area contributed by atoms with Crippen LogP contribution in [0.15, 0.2) is 36.4 Å². The minimum absolute atomic E-state index is 0.0860. The molecule has 3 rings (SSSR count). The Bertz CT molecular complexity index is 833. The summed E-state index contributed by atoms with van der Waals surface area (Å²) in [5.74, 6) is 0.584. The molecule has 1 saturated heterocycles. The third-order valence-electron chi connectivity index (χ3n) is 4.11. The van der Waals surface area contributed by atoms with Crippen molar-refractivity contribution in [3.8, 4) is 17.2 Å². The summed E-state index contributed by atoms with van der Waals surface area (Å²) in [4.78, 5) is 0. The molecule has 1 aliphatic heterocycles. The Morgan fingerprint density at radius 2 is 1.46 bits per heavy atom. The fraction of sp³-hybridized carbons (Fsp3) is 0.333. The Balaban J connectivity index is 1.86. The summed E-state index contributed by atoms with van der Waals surface area (Å²) in [5, 5.41) is 40.2. The van der Waals surface area contributed by atoms with Crippen LogP contribution < -0.4 is 9.47 Å². The van der Waals surface area contributed by atoms with Gasteiger partial charge in [-0.3, -0.25) is 0 Å². The third-order valence-corrected chi connectivity index (χ3v) is 4.88. The second kappa shape index (κ2) is 9.02. The van der Waals surface area contributed by atoms with E-state index >= 15 is 0 Å². The van der Waals surface area contributed by atoms with E-state index in [1.165, 1.54) is 18.2 Å². The van der Waals surface area contributed by atoms with E-state index in [4.69, 9.17) is 49.0 Å². The molecule has 0 bridgehead atoms. The smallest absolute Gasteiger partial charge is 0.229 e. The molecule has 0 aromatic heterocycles. The van der Waals surface area contributed by atoms with Gasteiger partial charge in [0.15, 0.2) is 11.5 Å². The molecular weight excluding hydrogens is 435 g/mol. The van der Waals surface area contributed by atoms with E-state index in [9.17, 15) is 20.4 Å². The molecule has 5 atom stereocenters. The summed E-state index contributed by atoms with van der Waals surface area (Å²) < 4.78 is 16.7. The van der Waals surface area contributed by atoms with Crippen molar-refractivity contribution >= 4 is 34.8 Å². The lowest BCUT2D eigenvalue weighted by Gasteiger charge is -2.39. The molecule has 0 aliphatic carbocycles. The quantitative estimate of drug-likeness (QED) is 0.553. The van der Waals surface area contributed by atoms with Gasteiger partial charge < -0.3 is 34.6 Å². The average Bonchev–Trinajstić information content (AvgIpc) is 2.66. The first kappa shape index (κ1) is 21.4. The van der Waals surface area contributed by atoms with Crippen molar-refractivity contribution in [3.63, 3.8) is 0 Å². The van der Waals surface area contributed by atoms with Crippen LogP contribution >= 0.6 is 34.8 Å². The van der Waals surface area contributed by atoms with E-state index in [1.807, 2.05) is 0 Å². The standard InChI is InChI=1S/C18H17Cl3O7/c19-8-1-3-11(10(21)5-8)26-12-4-2-9(20)6-13(12)27-18-17(25)16(24)15(23)14(7-22)28-18/h1-6,14-18,22-25H,7H2/t14-,15+,16+,17+,18+/m0/s1. The Labute approximate surface area is 175 Å². The molecule has 4 N–H and O–H groups in total. The molecule has 28 heavy (non-hydrogen) atoms. The second-order valence-electron chi connectivity index (χ2n) is 6.08. The number of benzene rings is 2. The van der Waals surface area contributed by atoms with Crippen molar-refractivity contribution in [1.29, 1.82) is 0 Å². The number of aliphatic hydroxyl groups is 4. The number of aliphatic hydroxyl groups excluding tert-OH is 4. The molecule has 1 heterocycles. The molecule has 1 aliphatic rings. The van der Waals surface area contributed by atoms with Crippen molar-refractivity contribution in [1.82, 2.24) is 0 Å². The average molecular weight is 452 g/mol. The van der Waals surface area contributed by atoms with Crippen LogP contribution in [0.3, 0.4) is 0 Å². The molecule has 7 nitrogen and oxygen atoms in total. The monoisotopic (exact) mass is 450 g/mol. The summed E-state index contributed by atoms with van der Waals surface area (Å²) >= 11 is 18.0. The maximum absolute atomic E-state index is 10.2. The fourth-order valence-corrected chi connectivity index (χ4v) is 3.23. The molecule has 152 valence electrons. The van der Waals surface area contributed by atoms with Crippen LogP contribution in [0.25, 0.3) is 0 Å². The fourth-order valence-electron chi connectivity index (χ4n) is 2.62. The van der Waals surface area contributed by atoms with Gasteiger partial charge in [0.1, 0.15) is 30.2 Å². The van der Waals surface area contributed by atoms with Crippen molar-refractivity contribution in [3.05, 3.63) is 51.5 Å². The van der Waals surface area contributed by atoms with Gasteiger partial charge in [0.2, 0.25) is 6.29 Å². The van der Waals surface area contributed by atoms with Gasteiger partial charge >= 0.3 is 0 Å². The Kier molecular flexibility index (Phi) is 6.90. The van der Waals surface area contributed by atoms with Crippen LogP contribution in [0.4, 0.5) is 0 Å². The Morgan fingerprint density at radius 3 is 2.11 bits per heavy atom. The lowest BCUT2D eigenvalue weighted by molar-refractivity contribution is -0.277. The largest absolute Gasteiger partial charge is 0.458 e. The summed E-state index contributed by atoms with van der Waals surface area (Å²) in [6.45, 7) is -0.579. The van der Waals surface area contributed by atoms with Crippen LogP contribution in [0, 0.1) is 0 Å². The van der Waals surface area contributed by atoms with Gasteiger partial charge in [0.25, 0.3) is 0 Å². The number of hydrogen-bond donors (Lipinski definition) is 4. The highest BCUT2D eigenvalue weighted by Crippen LogP contribution is 2.39. The van der Waals surface area contributed by atoms with Crippen LogP contribution in [-0.2, 0) is 4.74 Å². The highest BCUT2D eigenvalue weighted by molar-refractivity contribution is 6.35. The molecule has 2 aromatic rings. The maximum Gasteiger partial charge on any atom is 0.229 e. The maximum atomic E-state index is 10.2. The van der Waals surface area contributed by atoms with E-state index in [0.717, 1.165) is 0 Å². The van der Waals surface area contributed by atoms with Crippen LogP contribution in [-0.4, -0.2) is 57.7 Å². The topological polar surface area (TPSA) is 109 Å². The molecule has 10 heteroatoms. The minimum atomic E-state index is -1.58. The van der Waals surface area contributed by atoms with Crippen LogP contribution in [0.5, 0.6) is 17.2 Å². The Morgan fingerprint density at radius 1 is 0.821 bits per heavy atom. The first-order chi connectivity index (χ1) is 13.3. The van der Waals surface area contributed by atoms with Crippen LogP contribution in [0.2, 0.25) is 15.1 Å².